The lowest BCUT2D eigenvalue weighted by molar-refractivity contribution is -0.386. The SMILES string of the molecule is Cc1nn(CCC(=O)NCCCOC(C)C)c(C)c1[N+](=O)[O-]. The minimum atomic E-state index is -0.442. The maximum atomic E-state index is 11.7. The zero-order valence-electron chi connectivity index (χ0n) is 13.6. The summed E-state index contributed by atoms with van der Waals surface area (Å²) in [6.07, 6.45) is 1.19. The van der Waals surface area contributed by atoms with Crippen molar-refractivity contribution in [1.29, 1.82) is 0 Å². The van der Waals surface area contributed by atoms with E-state index < -0.39 is 4.92 Å². The number of nitrogens with one attached hydrogen (secondary N) is 1. The van der Waals surface area contributed by atoms with Crippen LogP contribution < -0.4 is 5.32 Å². The van der Waals surface area contributed by atoms with E-state index in [0.717, 1.165) is 6.42 Å². The van der Waals surface area contributed by atoms with Crippen LogP contribution in [-0.4, -0.2) is 39.9 Å². The highest BCUT2D eigenvalue weighted by Crippen LogP contribution is 2.21. The van der Waals surface area contributed by atoms with Crippen molar-refractivity contribution in [3.8, 4) is 0 Å². The quantitative estimate of drug-likeness (QED) is 0.425. The highest BCUT2D eigenvalue weighted by molar-refractivity contribution is 5.75. The van der Waals surface area contributed by atoms with Gasteiger partial charge in [0.05, 0.1) is 17.6 Å². The number of nitro groups is 1. The minimum Gasteiger partial charge on any atom is -0.379 e. The predicted molar refractivity (Wildman–Crippen MR) is 81.7 cm³/mol. The Kier molecular flexibility index (Phi) is 6.97. The molecule has 0 aliphatic carbocycles. The van der Waals surface area contributed by atoms with Crippen LogP contribution in [0.15, 0.2) is 0 Å². The number of aromatic nitrogens is 2. The maximum Gasteiger partial charge on any atom is 0.312 e. The Bertz CT molecular complexity index is 525. The van der Waals surface area contributed by atoms with Gasteiger partial charge in [0.25, 0.3) is 0 Å². The van der Waals surface area contributed by atoms with Gasteiger partial charge in [0.1, 0.15) is 11.4 Å². The summed E-state index contributed by atoms with van der Waals surface area (Å²) >= 11 is 0. The van der Waals surface area contributed by atoms with Gasteiger partial charge in [-0.15, -0.1) is 0 Å². The molecule has 0 spiro atoms. The van der Waals surface area contributed by atoms with Gasteiger partial charge in [0.15, 0.2) is 0 Å². The maximum absolute atomic E-state index is 11.7. The molecular formula is C14H24N4O4. The van der Waals surface area contributed by atoms with Gasteiger partial charge in [-0.3, -0.25) is 19.6 Å². The number of ether oxygens (including phenoxy) is 1. The monoisotopic (exact) mass is 312 g/mol. The summed E-state index contributed by atoms with van der Waals surface area (Å²) in [6, 6.07) is 0. The smallest absolute Gasteiger partial charge is 0.312 e. The van der Waals surface area contributed by atoms with Crippen molar-refractivity contribution in [2.75, 3.05) is 13.2 Å². The van der Waals surface area contributed by atoms with Gasteiger partial charge in [0, 0.05) is 19.6 Å². The first kappa shape index (κ1) is 18.1. The average Bonchev–Trinajstić information content (AvgIpc) is 2.70. The normalized spacial score (nSPS) is 11.0. The first-order chi connectivity index (χ1) is 10.3. The summed E-state index contributed by atoms with van der Waals surface area (Å²) in [5.41, 5.74) is 0.862. The number of carbonyl (C=O) groups excluding carboxylic acids is 1. The van der Waals surface area contributed by atoms with Crippen molar-refractivity contribution >= 4 is 11.6 Å². The lowest BCUT2D eigenvalue weighted by atomic mass is 10.3. The molecule has 0 saturated heterocycles. The Labute approximate surface area is 130 Å². The lowest BCUT2D eigenvalue weighted by Crippen LogP contribution is -2.26. The second-order valence-electron chi connectivity index (χ2n) is 5.37. The number of hydrogen-bond donors (Lipinski definition) is 1. The molecule has 1 heterocycles. The van der Waals surface area contributed by atoms with Crippen LogP contribution in [0.5, 0.6) is 0 Å². The average molecular weight is 312 g/mol. The number of rotatable bonds is 9. The largest absolute Gasteiger partial charge is 0.379 e. The van der Waals surface area contributed by atoms with Crippen LogP contribution in [0.3, 0.4) is 0 Å². The third-order valence-electron chi connectivity index (χ3n) is 3.17. The van der Waals surface area contributed by atoms with Crippen LogP contribution >= 0.6 is 0 Å². The second-order valence-corrected chi connectivity index (χ2v) is 5.37. The van der Waals surface area contributed by atoms with Gasteiger partial charge in [-0.1, -0.05) is 0 Å². The molecular weight excluding hydrogens is 288 g/mol. The van der Waals surface area contributed by atoms with Crippen LogP contribution in [0.1, 0.15) is 38.1 Å². The van der Waals surface area contributed by atoms with Crippen LogP contribution in [-0.2, 0) is 16.1 Å². The summed E-state index contributed by atoms with van der Waals surface area (Å²) in [5.74, 6) is -0.0975. The van der Waals surface area contributed by atoms with E-state index in [4.69, 9.17) is 4.74 Å². The van der Waals surface area contributed by atoms with Gasteiger partial charge in [-0.2, -0.15) is 5.10 Å². The Morgan fingerprint density at radius 2 is 2.14 bits per heavy atom. The first-order valence-corrected chi connectivity index (χ1v) is 7.39. The van der Waals surface area contributed by atoms with Crippen molar-refractivity contribution in [3.63, 3.8) is 0 Å². The summed E-state index contributed by atoms with van der Waals surface area (Å²) < 4.78 is 6.89. The molecule has 0 aromatic carbocycles. The molecule has 0 aliphatic rings. The molecule has 1 aromatic rings. The zero-order valence-corrected chi connectivity index (χ0v) is 13.6. The van der Waals surface area contributed by atoms with Gasteiger partial charge in [0.2, 0.25) is 5.91 Å². The molecule has 8 heteroatoms. The molecule has 1 aromatic heterocycles. The van der Waals surface area contributed by atoms with E-state index in [1.165, 1.54) is 4.68 Å². The molecule has 0 saturated carbocycles. The number of nitrogens with zero attached hydrogens (tertiary/aromatic N) is 3. The van der Waals surface area contributed by atoms with Gasteiger partial charge in [-0.05, 0) is 34.1 Å². The van der Waals surface area contributed by atoms with Crippen molar-refractivity contribution in [1.82, 2.24) is 15.1 Å². The van der Waals surface area contributed by atoms with Crippen molar-refractivity contribution in [2.24, 2.45) is 0 Å². The van der Waals surface area contributed by atoms with E-state index in [2.05, 4.69) is 10.4 Å². The van der Waals surface area contributed by atoms with Crippen LogP contribution in [0.2, 0.25) is 0 Å². The fourth-order valence-electron chi connectivity index (χ4n) is 2.08. The molecule has 124 valence electrons. The predicted octanol–water partition coefficient (Wildman–Crippen LogP) is 1.73. The Morgan fingerprint density at radius 1 is 1.45 bits per heavy atom. The van der Waals surface area contributed by atoms with Crippen molar-refractivity contribution < 1.29 is 14.5 Å². The van der Waals surface area contributed by atoms with Crippen LogP contribution in [0.25, 0.3) is 0 Å². The van der Waals surface area contributed by atoms with Crippen molar-refractivity contribution in [3.05, 3.63) is 21.5 Å². The Morgan fingerprint density at radius 3 is 2.68 bits per heavy atom. The van der Waals surface area contributed by atoms with E-state index in [1.54, 1.807) is 13.8 Å². The summed E-state index contributed by atoms with van der Waals surface area (Å²) in [5, 5.41) is 17.8. The molecule has 0 unspecified atom stereocenters. The summed E-state index contributed by atoms with van der Waals surface area (Å²) in [7, 11) is 0. The molecule has 0 bridgehead atoms. The number of hydrogen-bond acceptors (Lipinski definition) is 5. The number of aryl methyl sites for hydroxylation is 2. The minimum absolute atomic E-state index is 0.0197. The molecule has 0 aliphatic heterocycles. The van der Waals surface area contributed by atoms with Crippen LogP contribution in [0, 0.1) is 24.0 Å². The number of amides is 1. The zero-order chi connectivity index (χ0) is 16.7. The van der Waals surface area contributed by atoms with Gasteiger partial charge >= 0.3 is 5.69 Å². The fraction of sp³-hybridized carbons (Fsp3) is 0.714. The second kappa shape index (κ2) is 8.47. The van der Waals surface area contributed by atoms with E-state index in [9.17, 15) is 14.9 Å². The van der Waals surface area contributed by atoms with Gasteiger partial charge in [-0.25, -0.2) is 0 Å². The highest BCUT2D eigenvalue weighted by Gasteiger charge is 2.21. The van der Waals surface area contributed by atoms with Crippen molar-refractivity contribution in [2.45, 2.75) is 53.2 Å². The third kappa shape index (κ3) is 5.44. The number of carbonyl (C=O) groups is 1. The highest BCUT2D eigenvalue weighted by atomic mass is 16.6. The Hall–Kier alpha value is -1.96. The molecule has 1 N–H and O–H groups in total. The van der Waals surface area contributed by atoms with E-state index in [0.29, 0.717) is 31.1 Å². The molecule has 8 nitrogen and oxygen atoms in total. The van der Waals surface area contributed by atoms with E-state index >= 15 is 0 Å². The lowest BCUT2D eigenvalue weighted by Gasteiger charge is -2.08. The summed E-state index contributed by atoms with van der Waals surface area (Å²) in [4.78, 5) is 22.2. The van der Waals surface area contributed by atoms with E-state index in [-0.39, 0.29) is 24.1 Å². The fourth-order valence-corrected chi connectivity index (χ4v) is 2.08. The topological polar surface area (TPSA) is 99.3 Å². The standard InChI is InChI=1S/C14H24N4O4/c1-10(2)22-9-5-7-15-13(19)6-8-17-12(4)14(18(20)21)11(3)16-17/h10H,5-9H2,1-4H3,(H,15,19). The molecule has 1 amide bonds. The molecule has 22 heavy (non-hydrogen) atoms. The van der Waals surface area contributed by atoms with Crippen LogP contribution in [0.4, 0.5) is 5.69 Å². The first-order valence-electron chi connectivity index (χ1n) is 7.39. The molecule has 0 fully saturated rings. The van der Waals surface area contributed by atoms with E-state index in [1.807, 2.05) is 13.8 Å². The molecule has 0 atom stereocenters. The Balaban J connectivity index is 2.36. The molecule has 1 rings (SSSR count). The van der Waals surface area contributed by atoms with Gasteiger partial charge < -0.3 is 10.1 Å². The summed E-state index contributed by atoms with van der Waals surface area (Å²) in [6.45, 7) is 8.66. The molecule has 0 radical (unpaired) electrons. The third-order valence-corrected chi connectivity index (χ3v) is 3.17.